The molecule has 6 heteroatoms. The lowest BCUT2D eigenvalue weighted by Gasteiger charge is -2.09. The Morgan fingerprint density at radius 3 is 2.89 bits per heavy atom. The average Bonchev–Trinajstić information content (AvgIpc) is 2.36. The van der Waals surface area contributed by atoms with E-state index in [-0.39, 0.29) is 30.5 Å². The Morgan fingerprint density at radius 2 is 2.28 bits per heavy atom. The highest BCUT2D eigenvalue weighted by Gasteiger charge is 2.09. The molecule has 1 aromatic carbocycles. The van der Waals surface area contributed by atoms with Crippen LogP contribution in [-0.4, -0.2) is 29.1 Å². The van der Waals surface area contributed by atoms with Crippen LogP contribution in [0.2, 0.25) is 0 Å². The van der Waals surface area contributed by atoms with E-state index in [0.29, 0.717) is 12.1 Å². The molecule has 0 heterocycles. The van der Waals surface area contributed by atoms with Gasteiger partial charge in [-0.25, -0.2) is 0 Å². The Bertz CT molecular complexity index is 434. The fourth-order valence-electron chi connectivity index (χ4n) is 1.38. The summed E-state index contributed by atoms with van der Waals surface area (Å²) in [6.07, 6.45) is 0.0971. The van der Waals surface area contributed by atoms with E-state index in [9.17, 15) is 14.9 Å². The lowest BCUT2D eigenvalue weighted by Crippen LogP contribution is -2.30. The largest absolute Gasteiger partial charge is 0.396 e. The van der Waals surface area contributed by atoms with Crippen molar-refractivity contribution in [2.45, 2.75) is 13.3 Å². The number of nitro benzene ring substituents is 1. The second-order valence-electron chi connectivity index (χ2n) is 4.20. The van der Waals surface area contributed by atoms with Crippen LogP contribution in [0.4, 0.5) is 5.69 Å². The molecule has 1 aromatic rings. The van der Waals surface area contributed by atoms with Crippen LogP contribution >= 0.6 is 0 Å². The molecule has 0 fully saturated rings. The van der Waals surface area contributed by atoms with Crippen LogP contribution < -0.4 is 5.32 Å². The van der Waals surface area contributed by atoms with E-state index in [1.807, 2.05) is 6.92 Å². The summed E-state index contributed by atoms with van der Waals surface area (Å²) in [4.78, 5) is 21.6. The number of carbonyl (C=O) groups is 1. The van der Waals surface area contributed by atoms with Gasteiger partial charge >= 0.3 is 0 Å². The predicted octanol–water partition coefficient (Wildman–Crippen LogP) is 0.882. The summed E-state index contributed by atoms with van der Waals surface area (Å²) in [5, 5.41) is 22.0. The normalized spacial score (nSPS) is 11.9. The van der Waals surface area contributed by atoms with Gasteiger partial charge in [0.25, 0.3) is 5.69 Å². The summed E-state index contributed by atoms with van der Waals surface area (Å²) in [6, 6.07) is 5.99. The smallest absolute Gasteiger partial charge is 0.269 e. The van der Waals surface area contributed by atoms with Crippen molar-refractivity contribution in [2.24, 2.45) is 5.92 Å². The highest BCUT2D eigenvalue weighted by Crippen LogP contribution is 2.13. The van der Waals surface area contributed by atoms with Gasteiger partial charge in [0.05, 0.1) is 11.3 Å². The van der Waals surface area contributed by atoms with E-state index in [4.69, 9.17) is 5.11 Å². The lowest BCUT2D eigenvalue weighted by atomic mass is 10.1. The van der Waals surface area contributed by atoms with E-state index in [1.54, 1.807) is 12.1 Å². The summed E-state index contributed by atoms with van der Waals surface area (Å²) >= 11 is 0. The molecule has 0 aliphatic rings. The minimum absolute atomic E-state index is 0.000871. The number of nitrogens with zero attached hydrogens (tertiary/aromatic N) is 1. The molecule has 1 atom stereocenters. The molecule has 98 valence electrons. The summed E-state index contributed by atoms with van der Waals surface area (Å²) in [6.45, 7) is 2.22. The van der Waals surface area contributed by atoms with Crippen LogP contribution in [-0.2, 0) is 11.2 Å². The lowest BCUT2D eigenvalue weighted by molar-refractivity contribution is -0.384. The first-order valence-corrected chi connectivity index (χ1v) is 5.63. The van der Waals surface area contributed by atoms with Gasteiger partial charge in [0, 0.05) is 25.3 Å². The third kappa shape index (κ3) is 4.50. The first-order valence-electron chi connectivity index (χ1n) is 5.63. The van der Waals surface area contributed by atoms with Gasteiger partial charge in [-0.05, 0) is 11.5 Å². The van der Waals surface area contributed by atoms with Gasteiger partial charge in [0.1, 0.15) is 0 Å². The molecule has 1 amide bonds. The molecule has 0 bridgehead atoms. The molecule has 0 aromatic heterocycles. The topological polar surface area (TPSA) is 92.5 Å². The number of hydrogen-bond acceptors (Lipinski definition) is 4. The Balaban J connectivity index is 2.54. The Kier molecular flexibility index (Phi) is 5.26. The maximum Gasteiger partial charge on any atom is 0.269 e. The summed E-state index contributed by atoms with van der Waals surface area (Å²) in [5.74, 6) is -0.213. The minimum Gasteiger partial charge on any atom is -0.396 e. The van der Waals surface area contributed by atoms with Gasteiger partial charge in [0.2, 0.25) is 5.91 Å². The van der Waals surface area contributed by atoms with E-state index in [0.717, 1.165) is 0 Å². The number of aliphatic hydroxyl groups excluding tert-OH is 1. The number of amides is 1. The minimum atomic E-state index is -0.491. The molecule has 1 rings (SSSR count). The third-order valence-electron chi connectivity index (χ3n) is 2.45. The fraction of sp³-hybridized carbons (Fsp3) is 0.417. The molecule has 1 unspecified atom stereocenters. The first-order chi connectivity index (χ1) is 8.52. The van der Waals surface area contributed by atoms with Crippen molar-refractivity contribution in [2.75, 3.05) is 13.2 Å². The fourth-order valence-corrected chi connectivity index (χ4v) is 1.38. The molecule has 0 saturated heterocycles. The second-order valence-corrected chi connectivity index (χ2v) is 4.20. The number of nitro groups is 1. The van der Waals surface area contributed by atoms with E-state index in [1.165, 1.54) is 12.1 Å². The number of rotatable bonds is 6. The maximum absolute atomic E-state index is 11.6. The van der Waals surface area contributed by atoms with Crippen molar-refractivity contribution in [1.82, 2.24) is 5.32 Å². The zero-order chi connectivity index (χ0) is 13.5. The van der Waals surface area contributed by atoms with Crippen LogP contribution in [0, 0.1) is 16.0 Å². The number of aliphatic hydroxyl groups is 1. The molecule has 0 spiro atoms. The molecule has 0 aliphatic heterocycles. The highest BCUT2D eigenvalue weighted by atomic mass is 16.6. The van der Waals surface area contributed by atoms with Gasteiger partial charge in [-0.2, -0.15) is 0 Å². The van der Waals surface area contributed by atoms with Crippen LogP contribution in [0.3, 0.4) is 0 Å². The predicted molar refractivity (Wildman–Crippen MR) is 66.1 cm³/mol. The molecular formula is C12H16N2O4. The molecule has 0 radical (unpaired) electrons. The van der Waals surface area contributed by atoms with Crippen molar-refractivity contribution in [3.05, 3.63) is 39.9 Å². The number of carbonyl (C=O) groups excluding carboxylic acids is 1. The highest BCUT2D eigenvalue weighted by molar-refractivity contribution is 5.78. The van der Waals surface area contributed by atoms with Crippen LogP contribution in [0.15, 0.2) is 24.3 Å². The number of non-ortho nitro benzene ring substituents is 1. The summed E-state index contributed by atoms with van der Waals surface area (Å²) < 4.78 is 0. The second kappa shape index (κ2) is 6.70. The van der Waals surface area contributed by atoms with Gasteiger partial charge < -0.3 is 10.4 Å². The Morgan fingerprint density at radius 1 is 1.56 bits per heavy atom. The summed E-state index contributed by atoms with van der Waals surface area (Å²) in [7, 11) is 0. The molecule has 0 aliphatic carbocycles. The quantitative estimate of drug-likeness (QED) is 0.580. The van der Waals surface area contributed by atoms with Crippen molar-refractivity contribution >= 4 is 11.6 Å². The van der Waals surface area contributed by atoms with Crippen molar-refractivity contribution < 1.29 is 14.8 Å². The number of nitrogens with one attached hydrogen (secondary N) is 1. The molecule has 6 nitrogen and oxygen atoms in total. The van der Waals surface area contributed by atoms with E-state index >= 15 is 0 Å². The first kappa shape index (κ1) is 14.1. The van der Waals surface area contributed by atoms with E-state index in [2.05, 4.69) is 5.32 Å². The van der Waals surface area contributed by atoms with E-state index < -0.39 is 4.92 Å². The maximum atomic E-state index is 11.6. The Labute approximate surface area is 105 Å². The monoisotopic (exact) mass is 252 g/mol. The third-order valence-corrected chi connectivity index (χ3v) is 2.45. The molecular weight excluding hydrogens is 236 g/mol. The summed E-state index contributed by atoms with van der Waals surface area (Å²) in [5.41, 5.74) is 0.572. The molecule has 0 saturated carbocycles. The SMILES string of the molecule is CC(CO)CNC(=O)Cc1cccc([N+](=O)[O-])c1. The van der Waals surface area contributed by atoms with Gasteiger partial charge in [-0.3, -0.25) is 14.9 Å². The van der Waals surface area contributed by atoms with Gasteiger partial charge in [-0.1, -0.05) is 19.1 Å². The van der Waals surface area contributed by atoms with Gasteiger partial charge in [-0.15, -0.1) is 0 Å². The molecule has 2 N–H and O–H groups in total. The average molecular weight is 252 g/mol. The number of benzene rings is 1. The van der Waals surface area contributed by atoms with Gasteiger partial charge in [0.15, 0.2) is 0 Å². The number of hydrogen-bond donors (Lipinski definition) is 2. The van der Waals surface area contributed by atoms with Crippen LogP contribution in [0.1, 0.15) is 12.5 Å². The van der Waals surface area contributed by atoms with Crippen molar-refractivity contribution in [3.8, 4) is 0 Å². The zero-order valence-corrected chi connectivity index (χ0v) is 10.1. The zero-order valence-electron chi connectivity index (χ0n) is 10.1. The Hall–Kier alpha value is -1.95. The van der Waals surface area contributed by atoms with Crippen molar-refractivity contribution in [1.29, 1.82) is 0 Å². The van der Waals surface area contributed by atoms with Crippen LogP contribution in [0.5, 0.6) is 0 Å². The van der Waals surface area contributed by atoms with Crippen LogP contribution in [0.25, 0.3) is 0 Å². The standard InChI is InChI=1S/C12H16N2O4/c1-9(8-15)7-13-12(16)6-10-3-2-4-11(5-10)14(17)18/h2-5,9,15H,6-8H2,1H3,(H,13,16). The van der Waals surface area contributed by atoms with Crippen molar-refractivity contribution in [3.63, 3.8) is 0 Å². The molecule has 18 heavy (non-hydrogen) atoms.